The summed E-state index contributed by atoms with van der Waals surface area (Å²) in [6, 6.07) is 18.3. The summed E-state index contributed by atoms with van der Waals surface area (Å²) in [6.45, 7) is 2.75. The van der Waals surface area contributed by atoms with Crippen molar-refractivity contribution < 1.29 is 22.7 Å². The molecule has 3 rings (SSSR count). The van der Waals surface area contributed by atoms with Crippen LogP contribution in [0.5, 0.6) is 0 Å². The second-order valence-electron chi connectivity index (χ2n) is 7.88. The molecule has 1 fully saturated rings. The molecule has 1 aliphatic rings. The molecule has 2 atom stereocenters. The Hall–Kier alpha value is -2.71. The minimum absolute atomic E-state index is 0.0308. The number of carbonyl (C=O) groups excluding carboxylic acids is 2. The van der Waals surface area contributed by atoms with Crippen LogP contribution in [0.1, 0.15) is 24.1 Å². The topological polar surface area (TPSA) is 92.8 Å². The Balaban J connectivity index is 1.74. The van der Waals surface area contributed by atoms with Crippen LogP contribution in [-0.4, -0.2) is 62.9 Å². The fourth-order valence-electron chi connectivity index (χ4n) is 3.87. The zero-order chi connectivity index (χ0) is 23.0. The van der Waals surface area contributed by atoms with E-state index in [0.717, 1.165) is 11.1 Å². The summed E-state index contributed by atoms with van der Waals surface area (Å²) in [5.74, 6) is -1.05. The largest absolute Gasteiger partial charge is 0.466 e. The summed E-state index contributed by atoms with van der Waals surface area (Å²) in [5, 5.41) is 2.93. The van der Waals surface area contributed by atoms with Crippen molar-refractivity contribution in [1.29, 1.82) is 0 Å². The van der Waals surface area contributed by atoms with Crippen LogP contribution in [-0.2, 0) is 30.6 Å². The van der Waals surface area contributed by atoms with Crippen molar-refractivity contribution in [3.05, 3.63) is 71.8 Å². The third-order valence-electron chi connectivity index (χ3n) is 5.58. The Morgan fingerprint density at radius 1 is 1.00 bits per heavy atom. The highest BCUT2D eigenvalue weighted by molar-refractivity contribution is 7.91. The summed E-state index contributed by atoms with van der Waals surface area (Å²) >= 11 is 0. The second kappa shape index (κ2) is 11.2. The number of hydrogen-bond acceptors (Lipinski definition) is 6. The van der Waals surface area contributed by atoms with E-state index in [9.17, 15) is 18.0 Å². The van der Waals surface area contributed by atoms with Gasteiger partial charge in [-0.05, 0) is 24.5 Å². The van der Waals surface area contributed by atoms with Crippen molar-refractivity contribution in [2.75, 3.05) is 37.7 Å². The van der Waals surface area contributed by atoms with E-state index in [-0.39, 0.29) is 36.5 Å². The van der Waals surface area contributed by atoms with E-state index < -0.39 is 21.8 Å². The molecule has 0 bridgehead atoms. The summed E-state index contributed by atoms with van der Waals surface area (Å²) in [4.78, 5) is 27.7. The molecule has 0 radical (unpaired) electrons. The molecule has 7 nitrogen and oxygen atoms in total. The minimum Gasteiger partial charge on any atom is -0.466 e. The van der Waals surface area contributed by atoms with Gasteiger partial charge in [0, 0.05) is 19.6 Å². The second-order valence-corrected chi connectivity index (χ2v) is 10.2. The number of amides is 1. The fraction of sp³-hybridized carbons (Fsp3) is 0.417. The Kier molecular flexibility index (Phi) is 8.41. The molecule has 1 saturated heterocycles. The number of nitrogens with one attached hydrogen (secondary N) is 1. The molecule has 2 aromatic rings. The minimum atomic E-state index is -3.07. The van der Waals surface area contributed by atoms with Gasteiger partial charge in [-0.15, -0.1) is 0 Å². The lowest BCUT2D eigenvalue weighted by Crippen LogP contribution is -2.48. The first-order chi connectivity index (χ1) is 15.4. The van der Waals surface area contributed by atoms with E-state index in [0.29, 0.717) is 19.5 Å². The Bertz CT molecular complexity index is 982. The van der Waals surface area contributed by atoms with Crippen molar-refractivity contribution in [2.45, 2.75) is 19.4 Å². The van der Waals surface area contributed by atoms with Gasteiger partial charge in [0.1, 0.15) is 6.04 Å². The summed E-state index contributed by atoms with van der Waals surface area (Å²) < 4.78 is 29.0. The quantitative estimate of drug-likeness (QED) is 0.578. The highest BCUT2D eigenvalue weighted by atomic mass is 32.2. The number of nitrogens with zero attached hydrogens (tertiary/aromatic N) is 1. The van der Waals surface area contributed by atoms with Crippen molar-refractivity contribution in [3.63, 3.8) is 0 Å². The fourth-order valence-corrected chi connectivity index (χ4v) is 5.10. The maximum atomic E-state index is 13.3. The monoisotopic (exact) mass is 458 g/mol. The molecule has 1 amide bonds. The van der Waals surface area contributed by atoms with Gasteiger partial charge >= 0.3 is 5.97 Å². The first-order valence-corrected chi connectivity index (χ1v) is 12.7. The van der Waals surface area contributed by atoms with E-state index >= 15 is 0 Å². The Morgan fingerprint density at radius 2 is 1.59 bits per heavy atom. The van der Waals surface area contributed by atoms with E-state index in [2.05, 4.69) is 5.32 Å². The van der Waals surface area contributed by atoms with Gasteiger partial charge in [-0.2, -0.15) is 0 Å². The maximum Gasteiger partial charge on any atom is 0.311 e. The van der Waals surface area contributed by atoms with Gasteiger partial charge in [0.05, 0.1) is 24.0 Å². The number of hydrogen-bond donors (Lipinski definition) is 1. The number of sulfone groups is 1. The highest BCUT2D eigenvalue weighted by Crippen LogP contribution is 2.23. The average Bonchev–Trinajstić information content (AvgIpc) is 2.79. The molecule has 0 spiro atoms. The van der Waals surface area contributed by atoms with Gasteiger partial charge in [0.2, 0.25) is 5.91 Å². The molecule has 32 heavy (non-hydrogen) atoms. The summed E-state index contributed by atoms with van der Waals surface area (Å²) in [6.07, 6.45) is 0.456. The van der Waals surface area contributed by atoms with Gasteiger partial charge in [0.15, 0.2) is 9.84 Å². The number of benzene rings is 2. The van der Waals surface area contributed by atoms with E-state index in [1.54, 1.807) is 6.92 Å². The average molecular weight is 459 g/mol. The van der Waals surface area contributed by atoms with Crippen LogP contribution in [0.15, 0.2) is 60.7 Å². The van der Waals surface area contributed by atoms with Crippen LogP contribution < -0.4 is 5.32 Å². The number of esters is 1. The third-order valence-corrected chi connectivity index (χ3v) is 7.18. The highest BCUT2D eigenvalue weighted by Gasteiger charge is 2.33. The standard InChI is InChI=1S/C24H30N2O5S/c1-2-31-24(28)21(17-19-9-5-3-6-10-19)18-25-23(27)22(20-11-7-4-8-12-20)26-13-15-32(29,30)16-14-26/h3-12,21-22H,2,13-18H2,1H3,(H,25,27). The molecule has 172 valence electrons. The Labute approximate surface area is 189 Å². The SMILES string of the molecule is CCOC(=O)C(CNC(=O)C(c1ccccc1)N1CCS(=O)(=O)CC1)Cc1ccccc1. The van der Waals surface area contributed by atoms with Crippen molar-refractivity contribution in [2.24, 2.45) is 5.92 Å². The summed E-state index contributed by atoms with van der Waals surface area (Å²) in [5.41, 5.74) is 1.78. The predicted octanol–water partition coefficient (Wildman–Crippen LogP) is 2.00. The zero-order valence-electron chi connectivity index (χ0n) is 18.3. The van der Waals surface area contributed by atoms with Gasteiger partial charge in [-0.1, -0.05) is 60.7 Å². The van der Waals surface area contributed by atoms with Crippen LogP contribution in [0.4, 0.5) is 0 Å². The van der Waals surface area contributed by atoms with Crippen LogP contribution in [0.2, 0.25) is 0 Å². The van der Waals surface area contributed by atoms with Crippen LogP contribution in [0.3, 0.4) is 0 Å². The van der Waals surface area contributed by atoms with Gasteiger partial charge in [0.25, 0.3) is 0 Å². The molecular weight excluding hydrogens is 428 g/mol. The molecule has 0 aromatic heterocycles. The van der Waals surface area contributed by atoms with Crippen LogP contribution in [0, 0.1) is 5.92 Å². The first kappa shape index (κ1) is 23.9. The van der Waals surface area contributed by atoms with E-state index in [1.165, 1.54) is 0 Å². The van der Waals surface area contributed by atoms with Gasteiger partial charge in [-0.3, -0.25) is 14.5 Å². The lowest BCUT2D eigenvalue weighted by atomic mass is 9.98. The smallest absolute Gasteiger partial charge is 0.311 e. The van der Waals surface area contributed by atoms with Gasteiger partial charge < -0.3 is 10.1 Å². The van der Waals surface area contributed by atoms with Crippen molar-refractivity contribution in [3.8, 4) is 0 Å². The number of rotatable bonds is 9. The summed E-state index contributed by atoms with van der Waals surface area (Å²) in [7, 11) is -3.07. The van der Waals surface area contributed by atoms with Crippen molar-refractivity contribution >= 4 is 21.7 Å². The Morgan fingerprint density at radius 3 is 2.19 bits per heavy atom. The molecule has 1 aliphatic heterocycles. The maximum absolute atomic E-state index is 13.3. The van der Waals surface area contributed by atoms with E-state index in [1.807, 2.05) is 65.6 Å². The van der Waals surface area contributed by atoms with Crippen LogP contribution in [0.25, 0.3) is 0 Å². The number of carbonyl (C=O) groups is 2. The molecule has 2 aromatic carbocycles. The molecule has 1 N–H and O–H groups in total. The first-order valence-electron chi connectivity index (χ1n) is 10.9. The third kappa shape index (κ3) is 6.64. The normalized spacial score (nSPS) is 17.8. The molecule has 0 aliphatic carbocycles. The molecule has 0 saturated carbocycles. The molecular formula is C24H30N2O5S. The molecule has 8 heteroatoms. The van der Waals surface area contributed by atoms with Crippen molar-refractivity contribution in [1.82, 2.24) is 10.2 Å². The lowest BCUT2D eigenvalue weighted by Gasteiger charge is -2.34. The lowest BCUT2D eigenvalue weighted by molar-refractivity contribution is -0.148. The molecule has 2 unspecified atom stereocenters. The van der Waals surface area contributed by atoms with Gasteiger partial charge in [-0.25, -0.2) is 8.42 Å². The predicted molar refractivity (Wildman–Crippen MR) is 123 cm³/mol. The van der Waals surface area contributed by atoms with E-state index in [4.69, 9.17) is 4.74 Å². The molecule has 1 heterocycles. The van der Waals surface area contributed by atoms with Crippen LogP contribution >= 0.6 is 0 Å². The number of ether oxygens (including phenoxy) is 1. The zero-order valence-corrected chi connectivity index (χ0v) is 19.1.